The lowest BCUT2D eigenvalue weighted by molar-refractivity contribution is 0.306. The first kappa shape index (κ1) is 17.0. The van der Waals surface area contributed by atoms with Crippen LogP contribution < -0.4 is 10.5 Å². The molecule has 3 N–H and O–H groups in total. The van der Waals surface area contributed by atoms with Gasteiger partial charge in [0.05, 0.1) is 13.7 Å². The van der Waals surface area contributed by atoms with Crippen LogP contribution in [0.2, 0.25) is 0 Å². The zero-order chi connectivity index (χ0) is 14.6. The number of ether oxygens (including phenoxy) is 1. The van der Waals surface area contributed by atoms with Crippen molar-refractivity contribution in [1.82, 2.24) is 4.90 Å². The monoisotopic (exact) mass is 280 g/mol. The molecule has 1 aromatic rings. The Morgan fingerprint density at radius 1 is 1.30 bits per heavy atom. The van der Waals surface area contributed by atoms with E-state index in [0.717, 1.165) is 12.2 Å². The van der Waals surface area contributed by atoms with Crippen LogP contribution in [-0.4, -0.2) is 49.9 Å². The molecular formula is C16H28N2O2. The molecule has 0 aromatic heterocycles. The Labute approximate surface area is 122 Å². The Morgan fingerprint density at radius 3 is 2.60 bits per heavy atom. The number of benzene rings is 1. The Bertz CT molecular complexity index is 350. The van der Waals surface area contributed by atoms with Crippen molar-refractivity contribution in [3.63, 3.8) is 0 Å². The quantitative estimate of drug-likeness (QED) is 0.832. The van der Waals surface area contributed by atoms with Gasteiger partial charge in [-0.05, 0) is 63.0 Å². The first-order valence-corrected chi connectivity index (χ1v) is 7.46. The molecule has 4 heteroatoms. The molecule has 0 amide bonds. The summed E-state index contributed by atoms with van der Waals surface area (Å²) in [5.41, 5.74) is 6.17. The zero-order valence-corrected chi connectivity index (χ0v) is 12.6. The van der Waals surface area contributed by atoms with Gasteiger partial charge >= 0.3 is 0 Å². The Hall–Kier alpha value is -1.10. The minimum absolute atomic E-state index is 0.0972. The van der Waals surface area contributed by atoms with Crippen LogP contribution in [0, 0.1) is 0 Å². The van der Waals surface area contributed by atoms with Crippen LogP contribution in [0.5, 0.6) is 5.75 Å². The predicted molar refractivity (Wildman–Crippen MR) is 83.1 cm³/mol. The van der Waals surface area contributed by atoms with Crippen molar-refractivity contribution in [3.8, 4) is 5.75 Å². The summed E-state index contributed by atoms with van der Waals surface area (Å²) in [5, 5.41) is 7.75. The van der Waals surface area contributed by atoms with Crippen molar-refractivity contribution >= 4 is 0 Å². The first-order chi connectivity index (χ1) is 9.80. The van der Waals surface area contributed by atoms with E-state index in [1.165, 1.54) is 44.5 Å². The summed E-state index contributed by atoms with van der Waals surface area (Å²) in [6.45, 7) is 4.33. The van der Waals surface area contributed by atoms with Gasteiger partial charge in [0.2, 0.25) is 0 Å². The summed E-state index contributed by atoms with van der Waals surface area (Å²) in [6.07, 6.45) is 5.19. The average Bonchev–Trinajstić information content (AvgIpc) is 3.01. The van der Waals surface area contributed by atoms with Gasteiger partial charge in [-0.25, -0.2) is 0 Å². The molecule has 1 aliphatic rings. The second kappa shape index (κ2) is 10.7. The van der Waals surface area contributed by atoms with Gasteiger partial charge in [0.1, 0.15) is 5.75 Å². The van der Waals surface area contributed by atoms with Gasteiger partial charge in [-0.15, -0.1) is 0 Å². The standard InChI is InChI=1S/C14H21NO.C2H7NO/c1-16-14-8-4-6-13(12-14)7-5-11-15-9-2-3-10-15;3-1-2-4/h4,6,8,12H,2-3,5,7,9-11H2,1H3;4H,1-3H2. The zero-order valence-electron chi connectivity index (χ0n) is 12.6. The second-order valence-corrected chi connectivity index (χ2v) is 5.02. The third kappa shape index (κ3) is 6.89. The number of nitrogens with two attached hydrogens (primary N) is 1. The highest BCUT2D eigenvalue weighted by Gasteiger charge is 2.10. The molecule has 20 heavy (non-hydrogen) atoms. The molecule has 0 saturated carbocycles. The number of aliphatic hydroxyl groups is 1. The lowest BCUT2D eigenvalue weighted by Crippen LogP contribution is -2.20. The Kier molecular flexibility index (Phi) is 9.04. The fourth-order valence-corrected chi connectivity index (χ4v) is 2.34. The van der Waals surface area contributed by atoms with Crippen molar-refractivity contribution in [2.45, 2.75) is 25.7 Å². The summed E-state index contributed by atoms with van der Waals surface area (Å²) in [4.78, 5) is 2.57. The smallest absolute Gasteiger partial charge is 0.119 e. The molecule has 0 bridgehead atoms. The number of hydrogen-bond donors (Lipinski definition) is 2. The van der Waals surface area contributed by atoms with Crippen LogP contribution >= 0.6 is 0 Å². The molecule has 1 fully saturated rings. The van der Waals surface area contributed by atoms with Gasteiger partial charge in [-0.3, -0.25) is 0 Å². The molecule has 2 rings (SSSR count). The summed E-state index contributed by atoms with van der Waals surface area (Å²) in [5.74, 6) is 0.971. The van der Waals surface area contributed by atoms with E-state index in [1.54, 1.807) is 7.11 Å². The number of nitrogens with zero attached hydrogens (tertiary/aromatic N) is 1. The number of hydrogen-bond acceptors (Lipinski definition) is 4. The van der Waals surface area contributed by atoms with E-state index in [9.17, 15) is 0 Å². The minimum atomic E-state index is 0.0972. The second-order valence-electron chi connectivity index (χ2n) is 5.02. The van der Waals surface area contributed by atoms with Gasteiger partial charge in [0.15, 0.2) is 0 Å². The van der Waals surface area contributed by atoms with Crippen LogP contribution in [0.4, 0.5) is 0 Å². The van der Waals surface area contributed by atoms with Crippen LogP contribution in [0.25, 0.3) is 0 Å². The molecule has 114 valence electrons. The van der Waals surface area contributed by atoms with Gasteiger partial charge in [0, 0.05) is 6.54 Å². The highest BCUT2D eigenvalue weighted by atomic mass is 16.5. The third-order valence-electron chi connectivity index (χ3n) is 3.40. The molecular weight excluding hydrogens is 252 g/mol. The Balaban J connectivity index is 0.000000444. The van der Waals surface area contributed by atoms with Gasteiger partial charge in [0.25, 0.3) is 0 Å². The van der Waals surface area contributed by atoms with Gasteiger partial charge in [-0.1, -0.05) is 12.1 Å². The fraction of sp³-hybridized carbons (Fsp3) is 0.625. The molecule has 1 aliphatic heterocycles. The maximum absolute atomic E-state index is 7.75. The van der Waals surface area contributed by atoms with Crippen molar-refractivity contribution < 1.29 is 9.84 Å². The van der Waals surface area contributed by atoms with Crippen molar-refractivity contribution in [2.75, 3.05) is 39.9 Å². The highest BCUT2D eigenvalue weighted by molar-refractivity contribution is 5.28. The average molecular weight is 280 g/mol. The van der Waals surface area contributed by atoms with Gasteiger partial charge in [-0.2, -0.15) is 0 Å². The van der Waals surface area contributed by atoms with Crippen LogP contribution in [-0.2, 0) is 6.42 Å². The van der Waals surface area contributed by atoms with Crippen molar-refractivity contribution in [2.24, 2.45) is 5.73 Å². The maximum atomic E-state index is 7.75. The van der Waals surface area contributed by atoms with E-state index in [0.29, 0.717) is 6.54 Å². The van der Waals surface area contributed by atoms with Crippen LogP contribution in [0.3, 0.4) is 0 Å². The molecule has 0 spiro atoms. The predicted octanol–water partition coefficient (Wildman–Crippen LogP) is 1.66. The third-order valence-corrected chi connectivity index (χ3v) is 3.40. The molecule has 0 unspecified atom stereocenters. The number of methoxy groups -OCH3 is 1. The van der Waals surface area contributed by atoms with E-state index in [4.69, 9.17) is 15.6 Å². The largest absolute Gasteiger partial charge is 0.497 e. The van der Waals surface area contributed by atoms with E-state index in [1.807, 2.05) is 6.07 Å². The minimum Gasteiger partial charge on any atom is -0.497 e. The van der Waals surface area contributed by atoms with E-state index in [2.05, 4.69) is 23.1 Å². The summed E-state index contributed by atoms with van der Waals surface area (Å²) >= 11 is 0. The molecule has 1 saturated heterocycles. The number of aryl methyl sites for hydroxylation is 1. The summed E-state index contributed by atoms with van der Waals surface area (Å²) in [6, 6.07) is 8.41. The van der Waals surface area contributed by atoms with Gasteiger partial charge < -0.3 is 20.5 Å². The Morgan fingerprint density at radius 2 is 2.00 bits per heavy atom. The molecule has 1 heterocycles. The molecule has 1 aromatic carbocycles. The molecule has 0 aliphatic carbocycles. The van der Waals surface area contributed by atoms with Crippen molar-refractivity contribution in [3.05, 3.63) is 29.8 Å². The lowest BCUT2D eigenvalue weighted by atomic mass is 10.1. The highest BCUT2D eigenvalue weighted by Crippen LogP contribution is 2.15. The topological polar surface area (TPSA) is 58.7 Å². The van der Waals surface area contributed by atoms with E-state index < -0.39 is 0 Å². The maximum Gasteiger partial charge on any atom is 0.119 e. The van der Waals surface area contributed by atoms with E-state index >= 15 is 0 Å². The van der Waals surface area contributed by atoms with Crippen LogP contribution in [0.1, 0.15) is 24.8 Å². The lowest BCUT2D eigenvalue weighted by Gasteiger charge is -2.14. The number of aliphatic hydroxyl groups excluding tert-OH is 1. The molecule has 0 atom stereocenters. The fourth-order valence-electron chi connectivity index (χ4n) is 2.34. The number of likely N-dealkylation sites (tertiary alicyclic amines) is 1. The summed E-state index contributed by atoms with van der Waals surface area (Å²) in [7, 11) is 1.73. The van der Waals surface area contributed by atoms with Crippen molar-refractivity contribution in [1.29, 1.82) is 0 Å². The molecule has 0 radical (unpaired) electrons. The SMILES string of the molecule is COc1cccc(CCCN2CCCC2)c1.NCCO. The summed E-state index contributed by atoms with van der Waals surface area (Å²) < 4.78 is 5.22. The van der Waals surface area contributed by atoms with Crippen LogP contribution in [0.15, 0.2) is 24.3 Å². The first-order valence-electron chi connectivity index (χ1n) is 7.46. The van der Waals surface area contributed by atoms with E-state index in [-0.39, 0.29) is 6.61 Å². The normalized spacial score (nSPS) is 14.8. The molecule has 4 nitrogen and oxygen atoms in total. The number of rotatable bonds is 6.